The zero-order valence-corrected chi connectivity index (χ0v) is 12.2. The van der Waals surface area contributed by atoms with Gasteiger partial charge in [-0.2, -0.15) is 5.10 Å². The van der Waals surface area contributed by atoms with Crippen LogP contribution in [0, 0.1) is 0 Å². The van der Waals surface area contributed by atoms with Crippen LogP contribution in [0.15, 0.2) is 64.8 Å². The number of para-hydroxylation sites is 1. The Balaban J connectivity index is 2.26. The lowest BCUT2D eigenvalue weighted by atomic mass is 10.0. The first-order valence-electron chi connectivity index (χ1n) is 6.96. The second-order valence-electron chi connectivity index (χ2n) is 5.00. The van der Waals surface area contributed by atoms with Crippen molar-refractivity contribution in [1.82, 2.24) is 4.98 Å². The monoisotopic (exact) mass is 291 g/mol. The maximum atomic E-state index is 5.37. The number of aromatic amines is 1. The molecule has 0 bridgehead atoms. The lowest BCUT2D eigenvalue weighted by molar-refractivity contribution is 1.20. The van der Waals surface area contributed by atoms with Crippen LogP contribution in [-0.2, 0) is 0 Å². The summed E-state index contributed by atoms with van der Waals surface area (Å²) in [6, 6.07) is 18.2. The maximum absolute atomic E-state index is 5.37. The van der Waals surface area contributed by atoms with Gasteiger partial charge in [-0.3, -0.25) is 0 Å². The minimum absolute atomic E-state index is 0.0551. The number of rotatable bonds is 3. The maximum Gasteiger partial charge on any atom is 0.211 e. The van der Waals surface area contributed by atoms with Gasteiger partial charge in [0, 0.05) is 16.5 Å². The molecule has 0 spiro atoms. The van der Waals surface area contributed by atoms with E-state index in [1.807, 2.05) is 43.3 Å². The molecule has 5 nitrogen and oxygen atoms in total. The van der Waals surface area contributed by atoms with E-state index in [1.54, 1.807) is 0 Å². The number of aromatic nitrogens is 1. The minimum atomic E-state index is -0.0551. The molecule has 0 saturated heterocycles. The molecular formula is C17H17N5. The molecule has 2 aromatic carbocycles. The van der Waals surface area contributed by atoms with E-state index in [2.05, 4.69) is 33.4 Å². The van der Waals surface area contributed by atoms with Gasteiger partial charge in [0.2, 0.25) is 5.96 Å². The zero-order chi connectivity index (χ0) is 15.5. The normalized spacial score (nSPS) is 11.6. The van der Waals surface area contributed by atoms with E-state index in [1.165, 1.54) is 0 Å². The topological polar surface area (TPSA) is 92.5 Å². The SMILES string of the molecule is C/C(=N\N=C(N)N)c1c(-c2ccccc2)[nH]c2ccccc12. The van der Waals surface area contributed by atoms with Gasteiger partial charge in [-0.15, -0.1) is 5.10 Å². The van der Waals surface area contributed by atoms with Gasteiger partial charge >= 0.3 is 0 Å². The van der Waals surface area contributed by atoms with Gasteiger partial charge in [-0.05, 0) is 18.6 Å². The van der Waals surface area contributed by atoms with E-state index in [0.717, 1.165) is 33.4 Å². The average molecular weight is 291 g/mol. The van der Waals surface area contributed by atoms with Gasteiger partial charge in [0.1, 0.15) is 0 Å². The second-order valence-corrected chi connectivity index (χ2v) is 5.00. The summed E-state index contributed by atoms with van der Waals surface area (Å²) in [6.45, 7) is 1.90. The summed E-state index contributed by atoms with van der Waals surface area (Å²) in [5.41, 5.74) is 15.6. The number of hydrogen-bond acceptors (Lipinski definition) is 2. The number of nitrogens with one attached hydrogen (secondary N) is 1. The van der Waals surface area contributed by atoms with Crippen molar-refractivity contribution >= 4 is 22.6 Å². The van der Waals surface area contributed by atoms with Crippen LogP contribution in [0.5, 0.6) is 0 Å². The van der Waals surface area contributed by atoms with E-state index in [-0.39, 0.29) is 5.96 Å². The van der Waals surface area contributed by atoms with Crippen molar-refractivity contribution in [3.8, 4) is 11.3 Å². The van der Waals surface area contributed by atoms with Gasteiger partial charge in [0.05, 0.1) is 11.4 Å². The lowest BCUT2D eigenvalue weighted by Gasteiger charge is -2.04. The number of fused-ring (bicyclic) bond motifs is 1. The molecule has 0 unspecified atom stereocenters. The molecular weight excluding hydrogens is 274 g/mol. The molecule has 1 heterocycles. The molecule has 0 amide bonds. The fourth-order valence-corrected chi connectivity index (χ4v) is 2.52. The first-order valence-corrected chi connectivity index (χ1v) is 6.96. The largest absolute Gasteiger partial charge is 0.369 e. The van der Waals surface area contributed by atoms with Gasteiger partial charge in [0.25, 0.3) is 0 Å². The summed E-state index contributed by atoms with van der Waals surface area (Å²) >= 11 is 0. The fourth-order valence-electron chi connectivity index (χ4n) is 2.52. The minimum Gasteiger partial charge on any atom is -0.369 e. The van der Waals surface area contributed by atoms with Gasteiger partial charge in [-0.1, -0.05) is 48.5 Å². The molecule has 0 saturated carbocycles. The first-order chi connectivity index (χ1) is 10.7. The molecule has 0 aliphatic heterocycles. The zero-order valence-electron chi connectivity index (χ0n) is 12.2. The molecule has 5 heteroatoms. The van der Waals surface area contributed by atoms with E-state index >= 15 is 0 Å². The molecule has 0 radical (unpaired) electrons. The third-order valence-corrected chi connectivity index (χ3v) is 3.45. The van der Waals surface area contributed by atoms with Crippen molar-refractivity contribution < 1.29 is 0 Å². The fraction of sp³-hybridized carbons (Fsp3) is 0.0588. The summed E-state index contributed by atoms with van der Waals surface area (Å²) in [5, 5.41) is 9.00. The standard InChI is InChI=1S/C17H17N5/c1-11(21-22-17(18)19)15-13-9-5-6-10-14(13)20-16(15)12-7-3-2-4-8-12/h2-10,20H,1H3,(H4,18,19,22)/b21-11+. The first kappa shape index (κ1) is 13.9. The van der Waals surface area contributed by atoms with Crippen LogP contribution in [0.2, 0.25) is 0 Å². The molecule has 110 valence electrons. The molecule has 5 N–H and O–H groups in total. The predicted octanol–water partition coefficient (Wildman–Crippen LogP) is 2.83. The van der Waals surface area contributed by atoms with Crippen molar-refractivity contribution in [1.29, 1.82) is 0 Å². The van der Waals surface area contributed by atoms with Gasteiger partial charge in [-0.25, -0.2) is 0 Å². The summed E-state index contributed by atoms with van der Waals surface area (Å²) < 4.78 is 0. The molecule has 3 aromatic rings. The van der Waals surface area contributed by atoms with Crippen molar-refractivity contribution in [2.75, 3.05) is 0 Å². The Hall–Kier alpha value is -3.08. The number of guanidine groups is 1. The highest BCUT2D eigenvalue weighted by molar-refractivity contribution is 6.14. The Morgan fingerprint density at radius 2 is 1.59 bits per heavy atom. The Bertz CT molecular complexity index is 855. The molecule has 22 heavy (non-hydrogen) atoms. The van der Waals surface area contributed by atoms with Crippen LogP contribution in [0.4, 0.5) is 0 Å². The molecule has 0 atom stereocenters. The Morgan fingerprint density at radius 1 is 0.909 bits per heavy atom. The number of H-pyrrole nitrogens is 1. The van der Waals surface area contributed by atoms with Crippen LogP contribution < -0.4 is 11.5 Å². The van der Waals surface area contributed by atoms with Crippen molar-refractivity contribution in [2.45, 2.75) is 6.92 Å². The van der Waals surface area contributed by atoms with Gasteiger partial charge < -0.3 is 16.5 Å². The summed E-state index contributed by atoms with van der Waals surface area (Å²) in [6.07, 6.45) is 0. The van der Waals surface area contributed by atoms with Crippen LogP contribution in [-0.4, -0.2) is 16.7 Å². The number of nitrogens with two attached hydrogens (primary N) is 2. The number of hydrogen-bond donors (Lipinski definition) is 3. The highest BCUT2D eigenvalue weighted by Gasteiger charge is 2.15. The lowest BCUT2D eigenvalue weighted by Crippen LogP contribution is -2.22. The van der Waals surface area contributed by atoms with Crippen LogP contribution in [0.3, 0.4) is 0 Å². The van der Waals surface area contributed by atoms with Crippen LogP contribution >= 0.6 is 0 Å². The summed E-state index contributed by atoms with van der Waals surface area (Å²) in [5.74, 6) is -0.0551. The predicted molar refractivity (Wildman–Crippen MR) is 91.8 cm³/mol. The molecule has 3 rings (SSSR count). The third kappa shape index (κ3) is 2.56. The smallest absolute Gasteiger partial charge is 0.211 e. The average Bonchev–Trinajstić information content (AvgIpc) is 2.93. The van der Waals surface area contributed by atoms with Crippen LogP contribution in [0.1, 0.15) is 12.5 Å². The van der Waals surface area contributed by atoms with Crippen molar-refractivity contribution in [3.05, 3.63) is 60.2 Å². The highest BCUT2D eigenvalue weighted by Crippen LogP contribution is 2.30. The third-order valence-electron chi connectivity index (χ3n) is 3.45. The second kappa shape index (κ2) is 5.73. The summed E-state index contributed by atoms with van der Waals surface area (Å²) in [7, 11) is 0. The molecule has 0 fully saturated rings. The van der Waals surface area contributed by atoms with Crippen molar-refractivity contribution in [3.63, 3.8) is 0 Å². The van der Waals surface area contributed by atoms with E-state index < -0.39 is 0 Å². The van der Waals surface area contributed by atoms with Crippen molar-refractivity contribution in [2.24, 2.45) is 21.7 Å². The van der Waals surface area contributed by atoms with E-state index in [4.69, 9.17) is 11.5 Å². The summed E-state index contributed by atoms with van der Waals surface area (Å²) in [4.78, 5) is 3.46. The number of nitrogens with zero attached hydrogens (tertiary/aromatic N) is 2. The molecule has 0 aliphatic carbocycles. The van der Waals surface area contributed by atoms with Gasteiger partial charge in [0.15, 0.2) is 0 Å². The number of benzene rings is 2. The Labute approximate surface area is 128 Å². The Morgan fingerprint density at radius 3 is 2.32 bits per heavy atom. The molecule has 0 aliphatic rings. The molecule has 1 aromatic heterocycles. The Kier molecular flexibility index (Phi) is 3.62. The van der Waals surface area contributed by atoms with E-state index in [9.17, 15) is 0 Å². The highest BCUT2D eigenvalue weighted by atomic mass is 15.3. The van der Waals surface area contributed by atoms with E-state index in [0.29, 0.717) is 0 Å². The van der Waals surface area contributed by atoms with Crippen LogP contribution in [0.25, 0.3) is 22.2 Å². The quantitative estimate of drug-likeness (QED) is 0.393.